The minimum Gasteiger partial charge on any atom is -0.375 e. The van der Waals surface area contributed by atoms with Crippen LogP contribution in [0.2, 0.25) is 0 Å². The molecule has 1 atom stereocenters. The van der Waals surface area contributed by atoms with Gasteiger partial charge in [0.2, 0.25) is 5.91 Å². The monoisotopic (exact) mass is 457 g/mol. The van der Waals surface area contributed by atoms with E-state index < -0.39 is 6.04 Å². The van der Waals surface area contributed by atoms with E-state index in [1.807, 2.05) is 30.3 Å². The van der Waals surface area contributed by atoms with Crippen LogP contribution in [-0.4, -0.2) is 75.8 Å². The van der Waals surface area contributed by atoms with Crippen LogP contribution in [0.5, 0.6) is 0 Å². The van der Waals surface area contributed by atoms with E-state index in [0.717, 1.165) is 57.9 Å². The molecule has 1 aliphatic rings. The third kappa shape index (κ3) is 12.0. The van der Waals surface area contributed by atoms with Crippen molar-refractivity contribution in [2.75, 3.05) is 59.0 Å². The number of hydrogen-bond donors (Lipinski definition) is 4. The summed E-state index contributed by atoms with van der Waals surface area (Å²) in [6, 6.07) is 9.55. The Morgan fingerprint density at radius 2 is 1.43 bits per heavy atom. The van der Waals surface area contributed by atoms with Gasteiger partial charge in [0, 0.05) is 52.4 Å². The summed E-state index contributed by atoms with van der Waals surface area (Å²) in [7, 11) is 0. The summed E-state index contributed by atoms with van der Waals surface area (Å²) >= 11 is 0. The summed E-state index contributed by atoms with van der Waals surface area (Å²) in [4.78, 5) is 14.1. The molecule has 0 radical (unpaired) electrons. The van der Waals surface area contributed by atoms with Crippen LogP contribution in [0.1, 0.15) is 5.56 Å². The van der Waals surface area contributed by atoms with Crippen molar-refractivity contribution in [2.45, 2.75) is 12.6 Å². The minimum absolute atomic E-state index is 0. The van der Waals surface area contributed by atoms with Crippen molar-refractivity contribution in [1.82, 2.24) is 20.9 Å². The number of carbonyl (C=O) groups is 1. The Labute approximate surface area is 186 Å². The first kappa shape index (κ1) is 29.6. The number of nitrogens with zero attached hydrogens (tertiary/aromatic N) is 1. The molecule has 1 heterocycles. The summed E-state index contributed by atoms with van der Waals surface area (Å²) in [5, 5.41) is 10.1. The second-order valence-electron chi connectivity index (χ2n) is 6.20. The van der Waals surface area contributed by atoms with Gasteiger partial charge in [-0.3, -0.25) is 9.69 Å². The predicted molar refractivity (Wildman–Crippen MR) is 121 cm³/mol. The second kappa shape index (κ2) is 18.4. The van der Waals surface area contributed by atoms with Gasteiger partial charge in [-0.25, -0.2) is 0 Å². The first-order valence-electron chi connectivity index (χ1n) is 9.04. The van der Waals surface area contributed by atoms with Crippen LogP contribution in [0.4, 0.5) is 0 Å². The Morgan fingerprint density at radius 3 is 1.93 bits per heavy atom. The Bertz CT molecular complexity index is 487. The van der Waals surface area contributed by atoms with Crippen LogP contribution in [0.3, 0.4) is 0 Å². The summed E-state index contributed by atoms with van der Waals surface area (Å²) < 4.78 is 5.78. The van der Waals surface area contributed by atoms with Crippen molar-refractivity contribution in [3.8, 4) is 0 Å². The summed E-state index contributed by atoms with van der Waals surface area (Å²) in [6.45, 7) is 7.70. The number of primary amides is 1. The van der Waals surface area contributed by atoms with Crippen LogP contribution in [0.25, 0.3) is 0 Å². The number of halogens is 3. The molecule has 1 aromatic carbocycles. The van der Waals surface area contributed by atoms with Crippen molar-refractivity contribution in [1.29, 1.82) is 0 Å². The molecule has 2 rings (SSSR count). The Kier molecular flexibility index (Phi) is 19.4. The van der Waals surface area contributed by atoms with E-state index in [-0.39, 0.29) is 43.1 Å². The normalized spacial score (nSPS) is 17.4. The van der Waals surface area contributed by atoms with Gasteiger partial charge in [-0.1, -0.05) is 30.3 Å². The van der Waals surface area contributed by atoms with E-state index in [0.29, 0.717) is 13.2 Å². The highest BCUT2D eigenvalue weighted by Gasteiger charge is 2.23. The number of hydrogen-bond acceptors (Lipinski definition) is 6. The van der Waals surface area contributed by atoms with Gasteiger partial charge in [0.1, 0.15) is 6.04 Å². The van der Waals surface area contributed by atoms with Crippen molar-refractivity contribution in [3.05, 3.63) is 35.9 Å². The van der Waals surface area contributed by atoms with E-state index >= 15 is 0 Å². The Morgan fingerprint density at radius 1 is 0.929 bits per heavy atom. The summed E-state index contributed by atoms with van der Waals surface area (Å²) in [5.74, 6) is -0.332. The molecule has 1 amide bonds. The van der Waals surface area contributed by atoms with Crippen LogP contribution in [0, 0.1) is 0 Å². The van der Waals surface area contributed by atoms with E-state index in [4.69, 9.17) is 10.5 Å². The molecule has 28 heavy (non-hydrogen) atoms. The minimum atomic E-state index is -0.409. The lowest BCUT2D eigenvalue weighted by molar-refractivity contribution is -0.125. The average molecular weight is 459 g/mol. The highest BCUT2D eigenvalue weighted by Crippen LogP contribution is 2.04. The van der Waals surface area contributed by atoms with Gasteiger partial charge in [-0.2, -0.15) is 0 Å². The van der Waals surface area contributed by atoms with E-state index in [1.165, 1.54) is 0 Å². The van der Waals surface area contributed by atoms with Gasteiger partial charge in [0.15, 0.2) is 0 Å². The maximum absolute atomic E-state index is 12.0. The number of rotatable bonds is 6. The number of ether oxygens (including phenoxy) is 1. The first-order valence-corrected chi connectivity index (χ1v) is 9.04. The molecular formula is C18H34Cl3N5O2. The summed E-state index contributed by atoms with van der Waals surface area (Å²) in [5.41, 5.74) is 6.74. The topological polar surface area (TPSA) is 91.7 Å². The average Bonchev–Trinajstić information content (AvgIpc) is 2.60. The largest absolute Gasteiger partial charge is 0.375 e. The fourth-order valence-electron chi connectivity index (χ4n) is 2.83. The zero-order valence-corrected chi connectivity index (χ0v) is 18.6. The number of carbonyl (C=O) groups excluding carboxylic acids is 1. The van der Waals surface area contributed by atoms with Crippen molar-refractivity contribution >= 4 is 43.1 Å². The van der Waals surface area contributed by atoms with E-state index in [2.05, 4.69) is 20.9 Å². The SMILES string of the molecule is Cl.Cl.Cl.NC(=O)C(COCc1ccccc1)N1CCNCCNCCNCC1. The third-order valence-corrected chi connectivity index (χ3v) is 4.27. The number of nitrogens with one attached hydrogen (secondary N) is 3. The van der Waals surface area contributed by atoms with Gasteiger partial charge in [0.05, 0.1) is 13.2 Å². The van der Waals surface area contributed by atoms with Crippen LogP contribution < -0.4 is 21.7 Å². The molecular weight excluding hydrogens is 425 g/mol. The maximum atomic E-state index is 12.0. The molecule has 0 aliphatic carbocycles. The predicted octanol–water partition coefficient (Wildman–Crippen LogP) is 0.407. The van der Waals surface area contributed by atoms with Gasteiger partial charge >= 0.3 is 0 Å². The van der Waals surface area contributed by atoms with E-state index in [1.54, 1.807) is 0 Å². The van der Waals surface area contributed by atoms with Gasteiger partial charge in [0.25, 0.3) is 0 Å². The fourth-order valence-corrected chi connectivity index (χ4v) is 2.83. The molecule has 0 bridgehead atoms. The molecule has 5 N–H and O–H groups in total. The number of nitrogens with two attached hydrogens (primary N) is 1. The molecule has 0 spiro atoms. The van der Waals surface area contributed by atoms with E-state index in [9.17, 15) is 4.79 Å². The molecule has 1 saturated heterocycles. The Hall–Kier alpha value is -0.640. The maximum Gasteiger partial charge on any atom is 0.237 e. The molecule has 1 unspecified atom stereocenters. The highest BCUT2D eigenvalue weighted by molar-refractivity contribution is 5.86. The van der Waals surface area contributed by atoms with Crippen molar-refractivity contribution in [3.63, 3.8) is 0 Å². The third-order valence-electron chi connectivity index (χ3n) is 4.27. The van der Waals surface area contributed by atoms with Gasteiger partial charge in [-0.15, -0.1) is 37.2 Å². The first-order chi connectivity index (χ1) is 12.3. The quantitative estimate of drug-likeness (QED) is 0.493. The van der Waals surface area contributed by atoms with Crippen LogP contribution in [-0.2, 0) is 16.1 Å². The molecule has 164 valence electrons. The van der Waals surface area contributed by atoms with Gasteiger partial charge in [-0.05, 0) is 5.56 Å². The Balaban J connectivity index is 0. The van der Waals surface area contributed by atoms with Crippen LogP contribution >= 0.6 is 37.2 Å². The molecule has 1 aromatic rings. The van der Waals surface area contributed by atoms with Crippen molar-refractivity contribution in [2.24, 2.45) is 5.73 Å². The molecule has 0 saturated carbocycles. The second-order valence-corrected chi connectivity index (χ2v) is 6.20. The smallest absolute Gasteiger partial charge is 0.237 e. The highest BCUT2D eigenvalue weighted by atomic mass is 35.5. The fraction of sp³-hybridized carbons (Fsp3) is 0.611. The summed E-state index contributed by atoms with van der Waals surface area (Å²) in [6.07, 6.45) is 0. The molecule has 1 aliphatic heterocycles. The molecule has 1 fully saturated rings. The zero-order valence-electron chi connectivity index (χ0n) is 16.1. The molecule has 0 aromatic heterocycles. The standard InChI is InChI=1S/C18H31N5O2.3ClH/c19-18(24)17(15-25-14-16-4-2-1-3-5-16)23-12-10-21-8-6-20-7-9-22-11-13-23;;;/h1-5,17,20-22H,6-15H2,(H2,19,24);3*1H. The van der Waals surface area contributed by atoms with Crippen molar-refractivity contribution < 1.29 is 9.53 Å². The number of benzene rings is 1. The zero-order chi connectivity index (χ0) is 17.7. The lowest BCUT2D eigenvalue weighted by atomic mass is 10.2. The van der Waals surface area contributed by atoms with Crippen LogP contribution in [0.15, 0.2) is 30.3 Å². The number of amides is 1. The lowest BCUT2D eigenvalue weighted by Gasteiger charge is -2.30. The van der Waals surface area contributed by atoms with Gasteiger partial charge < -0.3 is 26.4 Å². The lowest BCUT2D eigenvalue weighted by Crippen LogP contribution is -2.52. The molecule has 7 nitrogen and oxygen atoms in total. The molecule has 10 heteroatoms.